The number of carbonyl (C=O) groups excluding carboxylic acids is 1. The van der Waals surface area contributed by atoms with Crippen molar-refractivity contribution in [2.45, 2.75) is 0 Å². The van der Waals surface area contributed by atoms with E-state index < -0.39 is 0 Å². The van der Waals surface area contributed by atoms with Gasteiger partial charge in [0.15, 0.2) is 5.82 Å². The molecule has 0 unspecified atom stereocenters. The summed E-state index contributed by atoms with van der Waals surface area (Å²) >= 11 is 0. The molecular weight excluding hydrogens is 368 g/mol. The Bertz CT molecular complexity index is 1290. The first kappa shape index (κ1) is 16.8. The lowest BCUT2D eigenvalue weighted by molar-refractivity contribution is 0.102. The molecule has 5 rings (SSSR count). The zero-order chi connectivity index (χ0) is 19.6. The van der Waals surface area contributed by atoms with Crippen molar-refractivity contribution in [1.82, 2.24) is 35.6 Å². The van der Waals surface area contributed by atoms with E-state index in [-0.39, 0.29) is 5.91 Å². The molecule has 0 saturated heterocycles. The maximum Gasteiger partial charge on any atom is 0.259 e. The van der Waals surface area contributed by atoms with E-state index in [0.717, 1.165) is 16.6 Å². The van der Waals surface area contributed by atoms with Gasteiger partial charge in [-0.3, -0.25) is 4.79 Å². The van der Waals surface area contributed by atoms with Crippen LogP contribution in [0.2, 0.25) is 0 Å². The topological polar surface area (TPSA) is 125 Å². The molecule has 2 aromatic carbocycles. The summed E-state index contributed by atoms with van der Waals surface area (Å²) in [5.74, 6) is 1.43. The van der Waals surface area contributed by atoms with Crippen molar-refractivity contribution >= 4 is 22.8 Å². The largest absolute Gasteiger partial charge is 0.338 e. The summed E-state index contributed by atoms with van der Waals surface area (Å²) in [4.78, 5) is 24.8. The van der Waals surface area contributed by atoms with Crippen LogP contribution in [-0.4, -0.2) is 41.5 Å². The van der Waals surface area contributed by atoms with Gasteiger partial charge in [-0.25, -0.2) is 15.1 Å². The van der Waals surface area contributed by atoms with Crippen molar-refractivity contribution in [2.75, 3.05) is 5.32 Å². The number of rotatable bonds is 4. The van der Waals surface area contributed by atoms with E-state index in [1.165, 1.54) is 0 Å². The number of fused-ring (bicyclic) bond motifs is 1. The first-order chi connectivity index (χ1) is 14.3. The van der Waals surface area contributed by atoms with Gasteiger partial charge < -0.3 is 10.3 Å². The molecule has 140 valence electrons. The number of carbonyl (C=O) groups is 1. The number of pyridine rings is 1. The van der Waals surface area contributed by atoms with Gasteiger partial charge in [-0.15, -0.1) is 5.10 Å². The minimum Gasteiger partial charge on any atom is -0.338 e. The van der Waals surface area contributed by atoms with Crippen molar-refractivity contribution in [2.24, 2.45) is 0 Å². The Balaban J connectivity index is 1.52. The lowest BCUT2D eigenvalue weighted by Crippen LogP contribution is -2.13. The maximum atomic E-state index is 12.8. The van der Waals surface area contributed by atoms with Gasteiger partial charge in [-0.05, 0) is 40.8 Å². The Morgan fingerprint density at radius 1 is 0.931 bits per heavy atom. The number of amides is 1. The zero-order valence-electron chi connectivity index (χ0n) is 15.0. The smallest absolute Gasteiger partial charge is 0.259 e. The van der Waals surface area contributed by atoms with Crippen LogP contribution in [0.1, 0.15) is 10.4 Å². The molecule has 0 radical (unpaired) electrons. The second-order valence-electron chi connectivity index (χ2n) is 6.29. The number of aromatic nitrogens is 7. The van der Waals surface area contributed by atoms with Gasteiger partial charge in [0.2, 0.25) is 0 Å². The lowest BCUT2D eigenvalue weighted by atomic mass is 10.1. The van der Waals surface area contributed by atoms with Gasteiger partial charge in [-0.1, -0.05) is 30.3 Å². The highest BCUT2D eigenvalue weighted by Crippen LogP contribution is 2.26. The van der Waals surface area contributed by atoms with Crippen LogP contribution in [0.5, 0.6) is 0 Å². The monoisotopic (exact) mass is 382 g/mol. The van der Waals surface area contributed by atoms with E-state index in [2.05, 4.69) is 40.9 Å². The van der Waals surface area contributed by atoms with Crippen molar-refractivity contribution < 1.29 is 4.79 Å². The number of H-pyrrole nitrogens is 2. The third-order valence-corrected chi connectivity index (χ3v) is 4.42. The molecule has 0 aliphatic heterocycles. The third kappa shape index (κ3) is 3.21. The molecule has 0 saturated carbocycles. The van der Waals surface area contributed by atoms with Crippen molar-refractivity contribution in [3.05, 3.63) is 72.4 Å². The summed E-state index contributed by atoms with van der Waals surface area (Å²) in [7, 11) is 0. The molecule has 0 aliphatic rings. The molecule has 9 heteroatoms. The predicted octanol–water partition coefficient (Wildman–Crippen LogP) is 3.06. The number of nitrogens with one attached hydrogen (secondary N) is 3. The van der Waals surface area contributed by atoms with Crippen LogP contribution in [0.4, 0.5) is 5.82 Å². The van der Waals surface area contributed by atoms with E-state index in [0.29, 0.717) is 28.5 Å². The lowest BCUT2D eigenvalue weighted by Gasteiger charge is -2.04. The van der Waals surface area contributed by atoms with Gasteiger partial charge in [0.25, 0.3) is 5.91 Å². The fourth-order valence-corrected chi connectivity index (χ4v) is 3.07. The van der Waals surface area contributed by atoms with Crippen molar-refractivity contribution in [3.63, 3.8) is 0 Å². The fraction of sp³-hybridized carbons (Fsp3) is 0. The normalized spacial score (nSPS) is 10.9. The first-order valence-corrected chi connectivity index (χ1v) is 8.83. The summed E-state index contributed by atoms with van der Waals surface area (Å²) in [5.41, 5.74) is 3.50. The molecular formula is C20H14N8O. The Kier molecular flexibility index (Phi) is 4.02. The number of aromatic amines is 2. The van der Waals surface area contributed by atoms with Crippen LogP contribution in [0.25, 0.3) is 33.8 Å². The summed E-state index contributed by atoms with van der Waals surface area (Å²) in [6.07, 6.45) is 1.62. The average molecular weight is 382 g/mol. The van der Waals surface area contributed by atoms with E-state index in [9.17, 15) is 4.79 Å². The summed E-state index contributed by atoms with van der Waals surface area (Å²) in [6.45, 7) is 0. The molecule has 0 aliphatic carbocycles. The van der Waals surface area contributed by atoms with Crippen LogP contribution in [0.3, 0.4) is 0 Å². The number of para-hydroxylation sites is 1. The molecule has 1 amide bonds. The fourth-order valence-electron chi connectivity index (χ4n) is 3.07. The average Bonchev–Trinajstić information content (AvgIpc) is 3.44. The van der Waals surface area contributed by atoms with Crippen LogP contribution in [-0.2, 0) is 0 Å². The highest BCUT2D eigenvalue weighted by atomic mass is 16.1. The van der Waals surface area contributed by atoms with E-state index in [4.69, 9.17) is 0 Å². The minimum atomic E-state index is -0.270. The Hall–Kier alpha value is -4.40. The molecule has 0 fully saturated rings. The minimum absolute atomic E-state index is 0.270. The first-order valence-electron chi connectivity index (χ1n) is 8.83. The number of hydrogen-bond acceptors (Lipinski definition) is 6. The standard InChI is InChI=1S/C20H14N8O/c29-20(23-16-9-1-2-10-21-16)14-7-4-8-15-17(14)24-18(22-15)12-5-3-6-13(11-12)19-25-27-28-26-19/h1-11H,(H,22,24)(H,21,23,29)(H,25,26,27,28). The number of nitrogens with zero attached hydrogens (tertiary/aromatic N) is 5. The van der Waals surface area contributed by atoms with Gasteiger partial charge in [0, 0.05) is 17.3 Å². The van der Waals surface area contributed by atoms with E-state index in [1.54, 1.807) is 24.4 Å². The van der Waals surface area contributed by atoms with Crippen LogP contribution < -0.4 is 5.32 Å². The molecule has 3 N–H and O–H groups in total. The number of anilines is 1. The molecule has 0 bridgehead atoms. The second-order valence-corrected chi connectivity index (χ2v) is 6.29. The van der Waals surface area contributed by atoms with Gasteiger partial charge in [-0.2, -0.15) is 0 Å². The molecule has 3 heterocycles. The SMILES string of the molecule is O=C(Nc1ccccn1)c1cccc2[nH]c(-c3cccc(-c4nnn[nH]4)c3)nc12. The third-order valence-electron chi connectivity index (χ3n) is 4.42. The highest BCUT2D eigenvalue weighted by molar-refractivity contribution is 6.11. The molecule has 5 aromatic rings. The molecule has 29 heavy (non-hydrogen) atoms. The maximum absolute atomic E-state index is 12.8. The molecule has 3 aromatic heterocycles. The number of hydrogen-bond donors (Lipinski definition) is 3. The second kappa shape index (κ2) is 6.97. The van der Waals surface area contributed by atoms with Crippen LogP contribution >= 0.6 is 0 Å². The number of benzene rings is 2. The Labute approximate surface area is 164 Å². The van der Waals surface area contributed by atoms with Crippen molar-refractivity contribution in [1.29, 1.82) is 0 Å². The molecule has 0 spiro atoms. The Morgan fingerprint density at radius 3 is 2.59 bits per heavy atom. The predicted molar refractivity (Wildman–Crippen MR) is 107 cm³/mol. The zero-order valence-corrected chi connectivity index (χ0v) is 15.0. The molecule has 9 nitrogen and oxygen atoms in total. The van der Waals surface area contributed by atoms with Gasteiger partial charge >= 0.3 is 0 Å². The highest BCUT2D eigenvalue weighted by Gasteiger charge is 2.15. The Morgan fingerprint density at radius 2 is 1.79 bits per heavy atom. The van der Waals surface area contributed by atoms with Crippen molar-refractivity contribution in [3.8, 4) is 22.8 Å². The van der Waals surface area contributed by atoms with Gasteiger partial charge in [0.05, 0.1) is 11.1 Å². The molecule has 0 atom stereocenters. The van der Waals surface area contributed by atoms with Crippen LogP contribution in [0.15, 0.2) is 66.9 Å². The summed E-state index contributed by atoms with van der Waals surface area (Å²) < 4.78 is 0. The number of imidazole rings is 1. The summed E-state index contributed by atoms with van der Waals surface area (Å²) in [5, 5.41) is 16.7. The van der Waals surface area contributed by atoms with Crippen LogP contribution in [0, 0.1) is 0 Å². The quantitative estimate of drug-likeness (QED) is 0.439. The number of tetrazole rings is 1. The van der Waals surface area contributed by atoms with E-state index in [1.807, 2.05) is 42.5 Å². The summed E-state index contributed by atoms with van der Waals surface area (Å²) in [6, 6.07) is 18.4. The van der Waals surface area contributed by atoms with E-state index >= 15 is 0 Å². The van der Waals surface area contributed by atoms with Gasteiger partial charge in [0.1, 0.15) is 17.2 Å².